The minimum Gasteiger partial charge on any atom is -0.497 e. The Bertz CT molecular complexity index is 574. The molecule has 1 aromatic carbocycles. The van der Waals surface area contributed by atoms with Crippen LogP contribution in [-0.2, 0) is 4.84 Å². The molecule has 0 saturated carbocycles. The number of rotatable bonds is 4. The van der Waals surface area contributed by atoms with E-state index < -0.39 is 0 Å². The highest BCUT2D eigenvalue weighted by Gasteiger charge is 2.36. The highest BCUT2D eigenvalue weighted by atomic mass is 16.6. The lowest BCUT2D eigenvalue weighted by atomic mass is 9.94. The van der Waals surface area contributed by atoms with E-state index in [1.54, 1.807) is 7.11 Å². The molecular formula is C17H20N2O2. The number of fused-ring (bicyclic) bond motifs is 2. The van der Waals surface area contributed by atoms with E-state index in [1.807, 2.05) is 30.5 Å². The van der Waals surface area contributed by atoms with Gasteiger partial charge in [0.1, 0.15) is 5.75 Å². The van der Waals surface area contributed by atoms with Crippen LogP contribution in [0.1, 0.15) is 12.0 Å². The molecule has 110 valence electrons. The molecule has 21 heavy (non-hydrogen) atoms. The van der Waals surface area contributed by atoms with E-state index in [9.17, 15) is 0 Å². The number of benzene rings is 1. The molecule has 2 aliphatic rings. The molecule has 0 radical (unpaired) electrons. The van der Waals surface area contributed by atoms with Crippen molar-refractivity contribution in [1.29, 1.82) is 0 Å². The van der Waals surface area contributed by atoms with E-state index in [4.69, 9.17) is 9.57 Å². The molecule has 0 N–H and O–H groups in total. The molecule has 0 spiro atoms. The van der Waals surface area contributed by atoms with E-state index in [0.29, 0.717) is 12.5 Å². The molecule has 4 nitrogen and oxygen atoms in total. The van der Waals surface area contributed by atoms with Gasteiger partial charge in [-0.05, 0) is 37.1 Å². The van der Waals surface area contributed by atoms with E-state index >= 15 is 0 Å². The summed E-state index contributed by atoms with van der Waals surface area (Å²) in [5.41, 5.74) is 0.919. The normalized spacial score (nSPS) is 26.6. The van der Waals surface area contributed by atoms with Crippen molar-refractivity contribution in [3.63, 3.8) is 0 Å². The summed E-state index contributed by atoms with van der Waals surface area (Å²) in [4.78, 5) is 7.72. The van der Waals surface area contributed by atoms with Crippen molar-refractivity contribution in [3.05, 3.63) is 29.8 Å². The van der Waals surface area contributed by atoms with Crippen LogP contribution in [0.2, 0.25) is 0 Å². The zero-order chi connectivity index (χ0) is 14.5. The maximum Gasteiger partial charge on any atom is 0.177 e. The monoisotopic (exact) mass is 284 g/mol. The fraction of sp³-hybridized carbons (Fsp3) is 0.471. The average Bonchev–Trinajstić information content (AvgIpc) is 3.13. The van der Waals surface area contributed by atoms with Gasteiger partial charge in [0.25, 0.3) is 0 Å². The van der Waals surface area contributed by atoms with Gasteiger partial charge in [-0.3, -0.25) is 0 Å². The Hall–Kier alpha value is -1.99. The summed E-state index contributed by atoms with van der Waals surface area (Å²) in [5, 5.41) is 4.06. The summed E-state index contributed by atoms with van der Waals surface area (Å²) >= 11 is 0. The first-order valence-electron chi connectivity index (χ1n) is 7.36. The number of piperidine rings is 1. The summed E-state index contributed by atoms with van der Waals surface area (Å²) in [7, 11) is 1.65. The van der Waals surface area contributed by atoms with Gasteiger partial charge in [0.05, 0.1) is 7.11 Å². The first kappa shape index (κ1) is 14.0. The van der Waals surface area contributed by atoms with Gasteiger partial charge >= 0.3 is 0 Å². The molecule has 2 heterocycles. The number of methoxy groups -OCH3 is 1. The molecule has 2 saturated heterocycles. The third-order valence-electron chi connectivity index (χ3n) is 4.15. The Kier molecular flexibility index (Phi) is 4.42. The second-order valence-corrected chi connectivity index (χ2v) is 5.53. The van der Waals surface area contributed by atoms with Crippen LogP contribution in [0, 0.1) is 23.7 Å². The van der Waals surface area contributed by atoms with Crippen molar-refractivity contribution >= 4 is 6.21 Å². The Morgan fingerprint density at radius 1 is 1.43 bits per heavy atom. The van der Waals surface area contributed by atoms with Gasteiger partial charge in [-0.15, -0.1) is 0 Å². The molecule has 0 aliphatic carbocycles. The van der Waals surface area contributed by atoms with Crippen LogP contribution in [0.15, 0.2) is 29.4 Å². The number of ether oxygens (including phenoxy) is 1. The molecule has 2 bridgehead atoms. The Labute approximate surface area is 125 Å². The third-order valence-corrected chi connectivity index (χ3v) is 4.15. The number of hydrogen-bond acceptors (Lipinski definition) is 4. The van der Waals surface area contributed by atoms with Crippen molar-refractivity contribution in [2.75, 3.05) is 33.4 Å². The van der Waals surface area contributed by atoms with Crippen LogP contribution >= 0.6 is 0 Å². The summed E-state index contributed by atoms with van der Waals surface area (Å²) in [6.45, 7) is 3.93. The zero-order valence-electron chi connectivity index (χ0n) is 12.3. The predicted molar refractivity (Wildman–Crippen MR) is 82.4 cm³/mol. The van der Waals surface area contributed by atoms with Crippen molar-refractivity contribution in [1.82, 2.24) is 4.90 Å². The topological polar surface area (TPSA) is 34.1 Å². The van der Waals surface area contributed by atoms with Crippen molar-refractivity contribution in [2.24, 2.45) is 17.0 Å². The first-order chi connectivity index (χ1) is 10.3. The molecule has 2 fully saturated rings. The Balaban J connectivity index is 1.43. The molecular weight excluding hydrogens is 264 g/mol. The lowest BCUT2D eigenvalue weighted by molar-refractivity contribution is 0.178. The fourth-order valence-electron chi connectivity index (χ4n) is 3.02. The summed E-state index contributed by atoms with van der Waals surface area (Å²) in [5.74, 6) is 8.15. The molecule has 1 aromatic rings. The number of nitrogens with zero attached hydrogens (tertiary/aromatic N) is 2. The van der Waals surface area contributed by atoms with Crippen LogP contribution in [0.25, 0.3) is 0 Å². The molecule has 2 unspecified atom stereocenters. The van der Waals surface area contributed by atoms with Crippen LogP contribution in [0.4, 0.5) is 0 Å². The number of hydrogen-bond donors (Lipinski definition) is 0. The van der Waals surface area contributed by atoms with Gasteiger partial charge in [0.15, 0.2) is 6.61 Å². The van der Waals surface area contributed by atoms with Crippen molar-refractivity contribution < 1.29 is 9.57 Å². The highest BCUT2D eigenvalue weighted by Crippen LogP contribution is 2.31. The van der Waals surface area contributed by atoms with Gasteiger partial charge in [-0.2, -0.15) is 0 Å². The van der Waals surface area contributed by atoms with Gasteiger partial charge in [-0.1, -0.05) is 23.1 Å². The van der Waals surface area contributed by atoms with Crippen LogP contribution in [0.5, 0.6) is 5.75 Å². The standard InChI is InChI=1S/C17H20N2O2/c1-20-17-6-2-4-14(10-17)5-3-9-21-18-11-16-13-19-8-7-15(16)12-19/h2,4,6,10-11,15-16H,7-9,12-13H2,1H3/b18-11+/t15-,16?/m0/s1. The lowest BCUT2D eigenvalue weighted by Crippen LogP contribution is -2.24. The van der Waals surface area contributed by atoms with Gasteiger partial charge in [0.2, 0.25) is 0 Å². The minimum atomic E-state index is 0.314. The van der Waals surface area contributed by atoms with Gasteiger partial charge in [0, 0.05) is 30.8 Å². The average molecular weight is 284 g/mol. The summed E-state index contributed by atoms with van der Waals surface area (Å²) in [6.07, 6.45) is 3.25. The molecule has 4 heteroatoms. The Morgan fingerprint density at radius 2 is 2.38 bits per heavy atom. The zero-order valence-corrected chi connectivity index (χ0v) is 12.3. The largest absolute Gasteiger partial charge is 0.497 e. The van der Waals surface area contributed by atoms with E-state index in [0.717, 1.165) is 23.8 Å². The smallest absolute Gasteiger partial charge is 0.177 e. The van der Waals surface area contributed by atoms with E-state index in [2.05, 4.69) is 21.9 Å². The fourth-order valence-corrected chi connectivity index (χ4v) is 3.02. The number of oxime groups is 1. The molecule has 2 aliphatic heterocycles. The molecule has 3 atom stereocenters. The maximum atomic E-state index is 5.23. The molecule has 0 amide bonds. The van der Waals surface area contributed by atoms with Crippen LogP contribution < -0.4 is 4.74 Å². The first-order valence-corrected chi connectivity index (χ1v) is 7.36. The predicted octanol–water partition coefficient (Wildman–Crippen LogP) is 2.00. The third kappa shape index (κ3) is 3.56. The van der Waals surface area contributed by atoms with Gasteiger partial charge in [-0.25, -0.2) is 0 Å². The Morgan fingerprint density at radius 3 is 3.14 bits per heavy atom. The van der Waals surface area contributed by atoms with Crippen molar-refractivity contribution in [3.8, 4) is 17.6 Å². The molecule has 0 aromatic heterocycles. The lowest BCUT2D eigenvalue weighted by Gasteiger charge is -2.17. The maximum absolute atomic E-state index is 5.23. The van der Waals surface area contributed by atoms with Crippen LogP contribution in [-0.4, -0.2) is 44.5 Å². The highest BCUT2D eigenvalue weighted by molar-refractivity contribution is 5.61. The molecule has 3 rings (SSSR count). The second kappa shape index (κ2) is 6.64. The van der Waals surface area contributed by atoms with Crippen LogP contribution in [0.3, 0.4) is 0 Å². The summed E-state index contributed by atoms with van der Waals surface area (Å²) in [6, 6.07) is 7.67. The second-order valence-electron chi connectivity index (χ2n) is 5.53. The van der Waals surface area contributed by atoms with E-state index in [-0.39, 0.29) is 0 Å². The van der Waals surface area contributed by atoms with Gasteiger partial charge < -0.3 is 14.5 Å². The van der Waals surface area contributed by atoms with Crippen molar-refractivity contribution in [2.45, 2.75) is 6.42 Å². The van der Waals surface area contributed by atoms with E-state index in [1.165, 1.54) is 19.5 Å². The minimum absolute atomic E-state index is 0.314. The SMILES string of the molecule is COc1cccc(C#CCO/N=C/C2CN3CC[C@H]2C3)c1. The summed E-state index contributed by atoms with van der Waals surface area (Å²) < 4.78 is 5.15. The quantitative estimate of drug-likeness (QED) is 0.367.